The van der Waals surface area contributed by atoms with Crippen molar-refractivity contribution in [2.24, 2.45) is 0 Å². The van der Waals surface area contributed by atoms with Crippen LogP contribution in [-0.2, 0) is 0 Å². The van der Waals surface area contributed by atoms with Crippen LogP contribution in [0.25, 0.3) is 0 Å². The number of nitro benzene ring substituents is 1. The first-order chi connectivity index (χ1) is 6.45. The first-order valence-electron chi connectivity index (χ1n) is 3.58. The highest BCUT2D eigenvalue weighted by molar-refractivity contribution is 9.10. The van der Waals surface area contributed by atoms with Crippen LogP contribution < -0.4 is 0 Å². The highest BCUT2D eigenvalue weighted by atomic mass is 79.9. The van der Waals surface area contributed by atoms with E-state index in [0.29, 0.717) is 0 Å². The van der Waals surface area contributed by atoms with E-state index < -0.39 is 22.2 Å². The van der Waals surface area contributed by atoms with Gasteiger partial charge in [0.05, 0.1) is 9.40 Å². The lowest BCUT2D eigenvalue weighted by Crippen LogP contribution is -2.02. The van der Waals surface area contributed by atoms with Gasteiger partial charge in [0.2, 0.25) is 0 Å². The van der Waals surface area contributed by atoms with Crippen LogP contribution in [0.2, 0.25) is 0 Å². The van der Waals surface area contributed by atoms with Crippen molar-refractivity contribution in [2.75, 3.05) is 0 Å². The number of rotatable bonds is 2. The second-order valence-corrected chi connectivity index (χ2v) is 3.36. The van der Waals surface area contributed by atoms with Gasteiger partial charge in [-0.05, 0) is 28.9 Å². The summed E-state index contributed by atoms with van der Waals surface area (Å²) in [4.78, 5) is 20.8. The van der Waals surface area contributed by atoms with Crippen LogP contribution >= 0.6 is 15.9 Å². The van der Waals surface area contributed by atoms with Crippen LogP contribution in [-0.4, -0.2) is 10.7 Å². The maximum Gasteiger partial charge on any atom is 0.281 e. The van der Waals surface area contributed by atoms with Gasteiger partial charge < -0.3 is 0 Å². The minimum Gasteiger partial charge on any atom is -0.294 e. The van der Waals surface area contributed by atoms with Crippen molar-refractivity contribution in [3.05, 3.63) is 38.1 Å². The standard InChI is InChI=1S/C8H5BrFNO3/c1-4(12)7-6(11(13)14)3-2-5(10)8(7)9/h2-3H,1H3. The largest absolute Gasteiger partial charge is 0.294 e. The monoisotopic (exact) mass is 261 g/mol. The number of nitrogens with zero attached hydrogens (tertiary/aromatic N) is 1. The number of ketones is 1. The fourth-order valence-electron chi connectivity index (χ4n) is 1.03. The van der Waals surface area contributed by atoms with E-state index in [0.717, 1.165) is 19.1 Å². The van der Waals surface area contributed by atoms with Crippen molar-refractivity contribution < 1.29 is 14.1 Å². The molecule has 1 rings (SSSR count). The molecule has 0 aliphatic heterocycles. The zero-order chi connectivity index (χ0) is 10.9. The summed E-state index contributed by atoms with van der Waals surface area (Å²) < 4.78 is 12.8. The van der Waals surface area contributed by atoms with Crippen molar-refractivity contribution in [3.8, 4) is 0 Å². The molecule has 74 valence electrons. The number of halogens is 2. The Morgan fingerprint density at radius 3 is 2.57 bits per heavy atom. The second kappa shape index (κ2) is 3.83. The van der Waals surface area contributed by atoms with E-state index >= 15 is 0 Å². The van der Waals surface area contributed by atoms with Crippen molar-refractivity contribution in [3.63, 3.8) is 0 Å². The van der Waals surface area contributed by atoms with Gasteiger partial charge in [-0.15, -0.1) is 0 Å². The smallest absolute Gasteiger partial charge is 0.281 e. The maximum atomic E-state index is 13.0. The Hall–Kier alpha value is -1.30. The van der Waals surface area contributed by atoms with E-state index in [2.05, 4.69) is 15.9 Å². The van der Waals surface area contributed by atoms with E-state index in [9.17, 15) is 19.3 Å². The quantitative estimate of drug-likeness (QED) is 0.467. The first-order valence-corrected chi connectivity index (χ1v) is 4.37. The third-order valence-corrected chi connectivity index (χ3v) is 2.40. The summed E-state index contributed by atoms with van der Waals surface area (Å²) in [5, 5.41) is 10.5. The average molecular weight is 262 g/mol. The van der Waals surface area contributed by atoms with E-state index in [4.69, 9.17) is 0 Å². The molecule has 0 spiro atoms. The molecule has 0 amide bonds. The number of benzene rings is 1. The van der Waals surface area contributed by atoms with Gasteiger partial charge in [0, 0.05) is 6.07 Å². The number of nitro groups is 1. The zero-order valence-corrected chi connectivity index (χ0v) is 8.67. The molecule has 0 N–H and O–H groups in total. The molecule has 14 heavy (non-hydrogen) atoms. The van der Waals surface area contributed by atoms with Gasteiger partial charge in [-0.1, -0.05) is 0 Å². The van der Waals surface area contributed by atoms with Crippen LogP contribution in [0.4, 0.5) is 10.1 Å². The molecule has 0 fully saturated rings. The zero-order valence-electron chi connectivity index (χ0n) is 7.08. The molecule has 0 aliphatic rings. The molecule has 0 bridgehead atoms. The summed E-state index contributed by atoms with van der Waals surface area (Å²) in [6, 6.07) is 1.91. The molecule has 4 nitrogen and oxygen atoms in total. The van der Waals surface area contributed by atoms with Gasteiger partial charge in [0.1, 0.15) is 11.4 Å². The molecule has 0 unspecified atom stereocenters. The summed E-state index contributed by atoms with van der Waals surface area (Å²) in [7, 11) is 0. The Morgan fingerprint density at radius 1 is 1.57 bits per heavy atom. The number of carbonyl (C=O) groups excluding carboxylic acids is 1. The lowest BCUT2D eigenvalue weighted by atomic mass is 10.1. The van der Waals surface area contributed by atoms with Gasteiger partial charge in [0.15, 0.2) is 5.78 Å². The number of Topliss-reactive ketones (excluding diaryl/α,β-unsaturated/α-hetero) is 1. The highest BCUT2D eigenvalue weighted by Gasteiger charge is 2.22. The Kier molecular flexibility index (Phi) is 2.95. The van der Waals surface area contributed by atoms with E-state index in [-0.39, 0.29) is 10.0 Å². The van der Waals surface area contributed by atoms with Crippen LogP contribution in [0.5, 0.6) is 0 Å². The van der Waals surface area contributed by atoms with Crippen molar-refractivity contribution >= 4 is 27.4 Å². The Bertz CT molecular complexity index is 419. The van der Waals surface area contributed by atoms with Gasteiger partial charge in [-0.3, -0.25) is 14.9 Å². The molecule has 0 heterocycles. The number of hydrogen-bond donors (Lipinski definition) is 0. The SMILES string of the molecule is CC(=O)c1c([N+](=O)[O-])ccc(F)c1Br. The number of hydrogen-bond acceptors (Lipinski definition) is 3. The van der Waals surface area contributed by atoms with Gasteiger partial charge in [-0.2, -0.15) is 0 Å². The molecule has 1 aromatic rings. The van der Waals surface area contributed by atoms with E-state index in [1.807, 2.05) is 0 Å². The molecule has 0 atom stereocenters. The van der Waals surface area contributed by atoms with E-state index in [1.54, 1.807) is 0 Å². The van der Waals surface area contributed by atoms with Crippen LogP contribution in [0.1, 0.15) is 17.3 Å². The van der Waals surface area contributed by atoms with Gasteiger partial charge >= 0.3 is 0 Å². The van der Waals surface area contributed by atoms with Crippen LogP contribution in [0.3, 0.4) is 0 Å². The molecule has 1 aromatic carbocycles. The lowest BCUT2D eigenvalue weighted by molar-refractivity contribution is -0.385. The van der Waals surface area contributed by atoms with Crippen molar-refractivity contribution in [1.82, 2.24) is 0 Å². The van der Waals surface area contributed by atoms with Gasteiger partial charge in [-0.25, -0.2) is 4.39 Å². The summed E-state index contributed by atoms with van der Waals surface area (Å²) in [6.07, 6.45) is 0. The van der Waals surface area contributed by atoms with Crippen LogP contribution in [0.15, 0.2) is 16.6 Å². The Balaban J connectivity index is 3.53. The fourth-order valence-corrected chi connectivity index (χ4v) is 1.64. The normalized spacial score (nSPS) is 9.93. The van der Waals surface area contributed by atoms with Crippen LogP contribution in [0, 0.1) is 15.9 Å². The molecule has 0 aromatic heterocycles. The first kappa shape index (κ1) is 10.8. The summed E-state index contributed by atoms with van der Waals surface area (Å²) in [5.41, 5.74) is -0.638. The predicted octanol–water partition coefficient (Wildman–Crippen LogP) is 2.70. The predicted molar refractivity (Wildman–Crippen MR) is 50.8 cm³/mol. The molecular weight excluding hydrogens is 257 g/mol. The van der Waals surface area contributed by atoms with Crippen molar-refractivity contribution in [1.29, 1.82) is 0 Å². The second-order valence-electron chi connectivity index (χ2n) is 2.57. The fraction of sp³-hybridized carbons (Fsp3) is 0.125. The molecule has 6 heteroatoms. The molecule has 0 saturated heterocycles. The third-order valence-electron chi connectivity index (χ3n) is 1.62. The van der Waals surface area contributed by atoms with Gasteiger partial charge in [0.25, 0.3) is 5.69 Å². The molecule has 0 saturated carbocycles. The molecule has 0 aliphatic carbocycles. The molecular formula is C8H5BrFNO3. The third kappa shape index (κ3) is 1.79. The number of carbonyl (C=O) groups is 1. The van der Waals surface area contributed by atoms with Crippen molar-refractivity contribution in [2.45, 2.75) is 6.92 Å². The Labute approximate surface area is 87.0 Å². The summed E-state index contributed by atoms with van der Waals surface area (Å²) in [5.74, 6) is -1.25. The average Bonchev–Trinajstić information content (AvgIpc) is 2.08. The summed E-state index contributed by atoms with van der Waals surface area (Å²) >= 11 is 2.80. The maximum absolute atomic E-state index is 13.0. The highest BCUT2D eigenvalue weighted by Crippen LogP contribution is 2.29. The lowest BCUT2D eigenvalue weighted by Gasteiger charge is -2.02. The minimum atomic E-state index is -0.721. The Morgan fingerprint density at radius 2 is 2.14 bits per heavy atom. The minimum absolute atomic E-state index is 0.167. The van der Waals surface area contributed by atoms with E-state index in [1.165, 1.54) is 0 Å². The summed E-state index contributed by atoms with van der Waals surface area (Å²) in [6.45, 7) is 1.15. The molecule has 0 radical (unpaired) electrons. The topological polar surface area (TPSA) is 60.2 Å².